The van der Waals surface area contributed by atoms with Crippen LogP contribution in [-0.2, 0) is 11.8 Å². The zero-order valence-electron chi connectivity index (χ0n) is 21.0. The standard InChI is InChI=1S/C29H30N6O/c1-19(23-12-10-22(16-30)11-13-23)17-32-28(24-8-6-5-7-9-24)29(36)33-26-15-14-25(18-31-26)27-20(2)34-35(4)21(27)3/h5-15,18-19,28,32H,17H2,1-4H3,(H,31,33,36). The summed E-state index contributed by atoms with van der Waals surface area (Å²) < 4.78 is 1.86. The second-order valence-corrected chi connectivity index (χ2v) is 8.98. The van der Waals surface area contributed by atoms with Gasteiger partial charge in [0, 0.05) is 36.6 Å². The highest BCUT2D eigenvalue weighted by molar-refractivity contribution is 5.95. The van der Waals surface area contributed by atoms with Crippen LogP contribution in [-0.4, -0.2) is 27.2 Å². The molecule has 0 aliphatic rings. The number of amides is 1. The lowest BCUT2D eigenvalue weighted by Gasteiger charge is -2.21. The number of pyridine rings is 1. The van der Waals surface area contributed by atoms with Crippen LogP contribution in [0.25, 0.3) is 11.1 Å². The lowest BCUT2D eigenvalue weighted by Crippen LogP contribution is -2.35. The van der Waals surface area contributed by atoms with E-state index in [0.717, 1.165) is 33.6 Å². The molecule has 7 nitrogen and oxygen atoms in total. The molecule has 0 fully saturated rings. The lowest BCUT2D eigenvalue weighted by atomic mass is 9.98. The SMILES string of the molecule is Cc1nn(C)c(C)c1-c1ccc(NC(=O)C(NCC(C)c2ccc(C#N)cc2)c2ccccc2)nc1. The molecule has 4 aromatic rings. The number of hydrogen-bond acceptors (Lipinski definition) is 5. The Balaban J connectivity index is 1.48. The van der Waals surface area contributed by atoms with E-state index in [1.165, 1.54) is 0 Å². The van der Waals surface area contributed by atoms with Gasteiger partial charge in [0.1, 0.15) is 11.9 Å². The van der Waals surface area contributed by atoms with E-state index in [1.807, 2.05) is 92.3 Å². The molecule has 2 heterocycles. The van der Waals surface area contributed by atoms with Crippen LogP contribution in [0, 0.1) is 25.2 Å². The van der Waals surface area contributed by atoms with E-state index in [9.17, 15) is 4.79 Å². The fourth-order valence-electron chi connectivity index (χ4n) is 4.31. The Morgan fingerprint density at radius 2 is 1.75 bits per heavy atom. The highest BCUT2D eigenvalue weighted by Gasteiger charge is 2.22. The van der Waals surface area contributed by atoms with Gasteiger partial charge in [-0.2, -0.15) is 10.4 Å². The molecular weight excluding hydrogens is 448 g/mol. The molecule has 0 saturated heterocycles. The first-order chi connectivity index (χ1) is 17.4. The number of benzene rings is 2. The van der Waals surface area contributed by atoms with E-state index in [4.69, 9.17) is 5.26 Å². The van der Waals surface area contributed by atoms with E-state index >= 15 is 0 Å². The van der Waals surface area contributed by atoms with Crippen LogP contribution in [0.15, 0.2) is 72.9 Å². The molecule has 1 amide bonds. The summed E-state index contributed by atoms with van der Waals surface area (Å²) in [6.45, 7) is 6.69. The number of aromatic nitrogens is 3. The van der Waals surface area contributed by atoms with Crippen molar-refractivity contribution in [1.82, 2.24) is 20.1 Å². The van der Waals surface area contributed by atoms with Crippen LogP contribution in [0.3, 0.4) is 0 Å². The van der Waals surface area contributed by atoms with Crippen molar-refractivity contribution in [2.75, 3.05) is 11.9 Å². The fourth-order valence-corrected chi connectivity index (χ4v) is 4.31. The third-order valence-corrected chi connectivity index (χ3v) is 6.44. The molecule has 36 heavy (non-hydrogen) atoms. The van der Waals surface area contributed by atoms with Gasteiger partial charge in [-0.3, -0.25) is 9.48 Å². The lowest BCUT2D eigenvalue weighted by molar-refractivity contribution is -0.118. The molecule has 0 aliphatic carbocycles. The number of rotatable bonds is 8. The van der Waals surface area contributed by atoms with E-state index in [1.54, 1.807) is 6.20 Å². The summed E-state index contributed by atoms with van der Waals surface area (Å²) in [7, 11) is 1.92. The van der Waals surface area contributed by atoms with Crippen LogP contribution >= 0.6 is 0 Å². The van der Waals surface area contributed by atoms with E-state index in [2.05, 4.69) is 33.7 Å². The molecule has 0 saturated carbocycles. The molecule has 182 valence electrons. The molecule has 2 unspecified atom stereocenters. The molecule has 2 aromatic heterocycles. The maximum atomic E-state index is 13.3. The topological polar surface area (TPSA) is 95.6 Å². The predicted octanol–water partition coefficient (Wildman–Crippen LogP) is 5.04. The summed E-state index contributed by atoms with van der Waals surface area (Å²) in [6, 6.07) is 22.6. The van der Waals surface area contributed by atoms with Crippen molar-refractivity contribution in [3.05, 3.63) is 101 Å². The second-order valence-electron chi connectivity index (χ2n) is 8.98. The summed E-state index contributed by atoms with van der Waals surface area (Å²) in [4.78, 5) is 17.8. The monoisotopic (exact) mass is 478 g/mol. The van der Waals surface area contributed by atoms with Crippen molar-refractivity contribution in [2.45, 2.75) is 32.7 Å². The molecule has 2 atom stereocenters. The van der Waals surface area contributed by atoms with Gasteiger partial charge in [-0.05, 0) is 55.2 Å². The average molecular weight is 479 g/mol. The molecule has 2 aromatic carbocycles. The number of hydrogen-bond donors (Lipinski definition) is 2. The smallest absolute Gasteiger partial charge is 0.247 e. The van der Waals surface area contributed by atoms with Crippen LogP contribution in [0.5, 0.6) is 0 Å². The molecule has 0 spiro atoms. The largest absolute Gasteiger partial charge is 0.309 e. The normalized spacial score (nSPS) is 12.5. The van der Waals surface area contributed by atoms with Crippen LogP contribution in [0.1, 0.15) is 47.0 Å². The third kappa shape index (κ3) is 5.51. The highest BCUT2D eigenvalue weighted by atomic mass is 16.2. The minimum absolute atomic E-state index is 0.153. The molecule has 0 bridgehead atoms. The second kappa shape index (κ2) is 11.0. The van der Waals surface area contributed by atoms with Crippen molar-refractivity contribution < 1.29 is 4.79 Å². The van der Waals surface area contributed by atoms with Gasteiger partial charge < -0.3 is 10.6 Å². The van der Waals surface area contributed by atoms with Crippen molar-refractivity contribution >= 4 is 11.7 Å². The van der Waals surface area contributed by atoms with Crippen molar-refractivity contribution in [1.29, 1.82) is 5.26 Å². The minimum atomic E-state index is -0.545. The van der Waals surface area contributed by atoms with E-state index in [0.29, 0.717) is 17.9 Å². The van der Waals surface area contributed by atoms with Gasteiger partial charge in [-0.25, -0.2) is 4.98 Å². The van der Waals surface area contributed by atoms with E-state index in [-0.39, 0.29) is 11.8 Å². The Labute approximate surface area is 211 Å². The summed E-state index contributed by atoms with van der Waals surface area (Å²) in [5.41, 5.74) is 6.64. The fraction of sp³-hybridized carbons (Fsp3) is 0.241. The number of carbonyl (C=O) groups is 1. The van der Waals surface area contributed by atoms with Crippen molar-refractivity contribution in [2.24, 2.45) is 7.05 Å². The molecule has 0 radical (unpaired) electrons. The molecule has 7 heteroatoms. The summed E-state index contributed by atoms with van der Waals surface area (Å²) in [5, 5.41) is 19.9. The number of nitrogens with one attached hydrogen (secondary N) is 2. The highest BCUT2D eigenvalue weighted by Crippen LogP contribution is 2.27. The maximum Gasteiger partial charge on any atom is 0.247 e. The Hall–Kier alpha value is -4.28. The summed E-state index contributed by atoms with van der Waals surface area (Å²) in [6.07, 6.45) is 1.77. The van der Waals surface area contributed by atoms with Crippen molar-refractivity contribution in [3.8, 4) is 17.2 Å². The Kier molecular flexibility index (Phi) is 7.57. The first-order valence-corrected chi connectivity index (χ1v) is 11.9. The van der Waals surface area contributed by atoms with Gasteiger partial charge >= 0.3 is 0 Å². The molecule has 0 aliphatic heterocycles. The quantitative estimate of drug-likeness (QED) is 0.370. The van der Waals surface area contributed by atoms with Gasteiger partial charge in [-0.1, -0.05) is 49.4 Å². The number of nitrogens with zero attached hydrogens (tertiary/aromatic N) is 4. The zero-order chi connectivity index (χ0) is 25.7. The average Bonchev–Trinajstić information content (AvgIpc) is 3.16. The van der Waals surface area contributed by atoms with Gasteiger partial charge in [0.15, 0.2) is 0 Å². The first-order valence-electron chi connectivity index (χ1n) is 11.9. The number of carbonyl (C=O) groups excluding carboxylic acids is 1. The van der Waals surface area contributed by atoms with Crippen LogP contribution in [0.4, 0.5) is 5.82 Å². The summed E-state index contributed by atoms with van der Waals surface area (Å²) >= 11 is 0. The Bertz CT molecular complexity index is 1370. The molecule has 4 rings (SSSR count). The van der Waals surface area contributed by atoms with Crippen LogP contribution < -0.4 is 10.6 Å². The minimum Gasteiger partial charge on any atom is -0.309 e. The summed E-state index contributed by atoms with van der Waals surface area (Å²) in [5.74, 6) is 0.466. The van der Waals surface area contributed by atoms with Gasteiger partial charge in [0.2, 0.25) is 5.91 Å². The predicted molar refractivity (Wildman–Crippen MR) is 141 cm³/mol. The number of anilines is 1. The zero-order valence-corrected chi connectivity index (χ0v) is 21.0. The number of nitriles is 1. The van der Waals surface area contributed by atoms with Gasteiger partial charge in [-0.15, -0.1) is 0 Å². The number of aryl methyl sites for hydroxylation is 2. The Morgan fingerprint density at radius 1 is 1.03 bits per heavy atom. The molecule has 2 N–H and O–H groups in total. The van der Waals surface area contributed by atoms with E-state index < -0.39 is 6.04 Å². The van der Waals surface area contributed by atoms with Crippen molar-refractivity contribution in [3.63, 3.8) is 0 Å². The van der Waals surface area contributed by atoms with Gasteiger partial charge in [0.25, 0.3) is 0 Å². The third-order valence-electron chi connectivity index (χ3n) is 6.44. The first kappa shape index (κ1) is 24.8. The Morgan fingerprint density at radius 3 is 2.33 bits per heavy atom. The maximum absolute atomic E-state index is 13.3. The van der Waals surface area contributed by atoms with Crippen LogP contribution in [0.2, 0.25) is 0 Å². The van der Waals surface area contributed by atoms with Gasteiger partial charge in [0.05, 0.1) is 17.3 Å². The molecular formula is C29H30N6O.